The van der Waals surface area contributed by atoms with E-state index in [0.29, 0.717) is 23.7 Å². The van der Waals surface area contributed by atoms with Crippen LogP contribution in [0.4, 0.5) is 9.80 Å². The van der Waals surface area contributed by atoms with Crippen molar-refractivity contribution in [3.8, 4) is 6.07 Å². The number of thiophene rings is 2. The third-order valence-electron chi connectivity index (χ3n) is 5.42. The molecule has 0 saturated heterocycles. The number of nitrogens with one attached hydrogen (secondary N) is 2. The second-order valence-corrected chi connectivity index (χ2v) is 9.63. The highest BCUT2D eigenvalue weighted by Crippen LogP contribution is 2.39. The van der Waals surface area contributed by atoms with Crippen molar-refractivity contribution in [2.75, 3.05) is 11.9 Å². The Morgan fingerprint density at radius 2 is 2.09 bits per heavy atom. The molecular formula is C25H23N3O3S2. The molecule has 2 heterocycles. The zero-order chi connectivity index (χ0) is 23.0. The van der Waals surface area contributed by atoms with E-state index in [1.165, 1.54) is 17.4 Å². The molecule has 3 aromatic rings. The van der Waals surface area contributed by atoms with Crippen LogP contribution in [0.5, 0.6) is 0 Å². The maximum absolute atomic E-state index is 12.3. The van der Waals surface area contributed by atoms with Crippen molar-refractivity contribution in [2.24, 2.45) is 5.92 Å². The lowest BCUT2D eigenvalue weighted by Gasteiger charge is -2.21. The molecule has 0 spiro atoms. The Kier molecular flexibility index (Phi) is 7.55. The van der Waals surface area contributed by atoms with Gasteiger partial charge >= 0.3 is 6.09 Å². The Labute approximate surface area is 200 Å². The summed E-state index contributed by atoms with van der Waals surface area (Å²) in [6, 6.07) is 13.9. The number of alkyl carbamates (subject to hydrolysis) is 1. The van der Waals surface area contributed by atoms with Crippen LogP contribution in [0.2, 0.25) is 0 Å². The van der Waals surface area contributed by atoms with E-state index in [1.54, 1.807) is 17.4 Å². The predicted molar refractivity (Wildman–Crippen MR) is 131 cm³/mol. The number of ether oxygens (including phenoxy) is 1. The van der Waals surface area contributed by atoms with Gasteiger partial charge in [0.25, 0.3) is 0 Å². The summed E-state index contributed by atoms with van der Waals surface area (Å²) in [5.41, 5.74) is 3.53. The molecule has 1 aliphatic carbocycles. The van der Waals surface area contributed by atoms with Crippen LogP contribution in [0.25, 0.3) is 6.08 Å². The Hall–Kier alpha value is -3.41. The molecule has 0 bridgehead atoms. The van der Waals surface area contributed by atoms with E-state index in [2.05, 4.69) is 16.7 Å². The number of carbonyl (C=O) groups is 2. The third-order valence-corrected chi connectivity index (χ3v) is 7.29. The van der Waals surface area contributed by atoms with E-state index < -0.39 is 6.09 Å². The largest absolute Gasteiger partial charge is 0.449 e. The van der Waals surface area contributed by atoms with Crippen LogP contribution >= 0.6 is 22.7 Å². The van der Waals surface area contributed by atoms with Crippen molar-refractivity contribution in [3.05, 3.63) is 80.4 Å². The van der Waals surface area contributed by atoms with Gasteiger partial charge in [0.2, 0.25) is 5.91 Å². The topological polar surface area (TPSA) is 91.2 Å². The van der Waals surface area contributed by atoms with Crippen molar-refractivity contribution in [2.45, 2.75) is 25.8 Å². The number of rotatable bonds is 7. The molecular weight excluding hydrogens is 454 g/mol. The van der Waals surface area contributed by atoms with Gasteiger partial charge in [0.1, 0.15) is 11.1 Å². The zero-order valence-electron chi connectivity index (χ0n) is 17.9. The molecule has 0 radical (unpaired) electrons. The molecule has 0 aliphatic heterocycles. The molecule has 1 aromatic carbocycles. The Bertz CT molecular complexity index is 1180. The van der Waals surface area contributed by atoms with Crippen LogP contribution in [0.1, 0.15) is 33.6 Å². The first-order chi connectivity index (χ1) is 16.1. The molecule has 8 heteroatoms. The van der Waals surface area contributed by atoms with Gasteiger partial charge in [-0.2, -0.15) is 16.6 Å². The molecule has 0 saturated carbocycles. The van der Waals surface area contributed by atoms with Gasteiger partial charge in [-0.1, -0.05) is 30.3 Å². The number of amides is 2. The Balaban J connectivity index is 1.31. The predicted octanol–water partition coefficient (Wildman–Crippen LogP) is 5.36. The standard InChI is InChI=1S/C25H23N3O3S2/c26-13-21-20-8-6-19(15-31-25(30)27-14-17-4-2-1-3-5-17)12-22(20)33-24(21)28-23(29)9-7-18-10-11-32-16-18/h1-5,7,9-11,16,19H,6,8,12,14-15H2,(H,27,30)(H,28,29). The molecule has 168 valence electrons. The summed E-state index contributed by atoms with van der Waals surface area (Å²) >= 11 is 3.01. The van der Waals surface area contributed by atoms with E-state index in [4.69, 9.17) is 4.74 Å². The van der Waals surface area contributed by atoms with Crippen molar-refractivity contribution >= 4 is 45.8 Å². The summed E-state index contributed by atoms with van der Waals surface area (Å²) in [5.74, 6) is -0.0709. The fraction of sp³-hybridized carbons (Fsp3) is 0.240. The third kappa shape index (κ3) is 6.09. The van der Waals surface area contributed by atoms with Crippen molar-refractivity contribution in [1.82, 2.24) is 5.32 Å². The van der Waals surface area contributed by atoms with E-state index >= 15 is 0 Å². The molecule has 4 rings (SSSR count). The summed E-state index contributed by atoms with van der Waals surface area (Å²) in [6.45, 7) is 0.750. The molecule has 6 nitrogen and oxygen atoms in total. The second kappa shape index (κ2) is 10.9. The number of nitriles is 1. The maximum atomic E-state index is 12.3. The Morgan fingerprint density at radius 1 is 1.24 bits per heavy atom. The average Bonchev–Trinajstić information content (AvgIpc) is 3.47. The highest BCUT2D eigenvalue weighted by molar-refractivity contribution is 7.16. The average molecular weight is 478 g/mol. The first kappa shape index (κ1) is 22.8. The van der Waals surface area contributed by atoms with Gasteiger partial charge in [-0.3, -0.25) is 4.79 Å². The molecule has 1 atom stereocenters. The lowest BCUT2D eigenvalue weighted by molar-refractivity contribution is -0.111. The van der Waals surface area contributed by atoms with Gasteiger partial charge in [0.15, 0.2) is 0 Å². The summed E-state index contributed by atoms with van der Waals surface area (Å²) in [7, 11) is 0. The van der Waals surface area contributed by atoms with Crippen LogP contribution in [0.3, 0.4) is 0 Å². The van der Waals surface area contributed by atoms with Crippen LogP contribution in [-0.2, 0) is 28.9 Å². The molecule has 0 fully saturated rings. The van der Waals surface area contributed by atoms with E-state index in [9.17, 15) is 14.9 Å². The van der Waals surface area contributed by atoms with Crippen molar-refractivity contribution in [3.63, 3.8) is 0 Å². The van der Waals surface area contributed by atoms with Gasteiger partial charge in [0, 0.05) is 17.5 Å². The highest BCUT2D eigenvalue weighted by atomic mass is 32.1. The van der Waals surface area contributed by atoms with Gasteiger partial charge in [0.05, 0.1) is 12.2 Å². The number of carbonyl (C=O) groups excluding carboxylic acids is 2. The monoisotopic (exact) mass is 477 g/mol. The van der Waals surface area contributed by atoms with Gasteiger partial charge < -0.3 is 15.4 Å². The number of benzene rings is 1. The smallest absolute Gasteiger partial charge is 0.407 e. The number of anilines is 1. The van der Waals surface area contributed by atoms with Crippen LogP contribution in [0.15, 0.2) is 53.2 Å². The van der Waals surface area contributed by atoms with Crippen LogP contribution < -0.4 is 10.6 Å². The number of hydrogen-bond acceptors (Lipinski definition) is 6. The molecule has 2 N–H and O–H groups in total. The fourth-order valence-electron chi connectivity index (χ4n) is 3.71. The fourth-order valence-corrected chi connectivity index (χ4v) is 5.66. The molecule has 2 amide bonds. The minimum atomic E-state index is -0.432. The Morgan fingerprint density at radius 3 is 2.85 bits per heavy atom. The summed E-state index contributed by atoms with van der Waals surface area (Å²) in [4.78, 5) is 25.5. The highest BCUT2D eigenvalue weighted by Gasteiger charge is 2.27. The molecule has 33 heavy (non-hydrogen) atoms. The lowest BCUT2D eigenvalue weighted by Crippen LogP contribution is -2.27. The minimum Gasteiger partial charge on any atom is -0.449 e. The molecule has 1 aliphatic rings. The number of nitrogens with zero attached hydrogens (tertiary/aromatic N) is 1. The first-order valence-electron chi connectivity index (χ1n) is 10.6. The van der Waals surface area contributed by atoms with Gasteiger partial charge in [-0.25, -0.2) is 4.79 Å². The molecule has 1 unspecified atom stereocenters. The SMILES string of the molecule is N#Cc1c(NC(=O)C=Cc2ccsc2)sc2c1CCC(COC(=O)NCc1ccccc1)C2. The molecule has 2 aromatic heterocycles. The van der Waals surface area contributed by atoms with Crippen molar-refractivity contribution < 1.29 is 14.3 Å². The summed E-state index contributed by atoms with van der Waals surface area (Å²) < 4.78 is 5.43. The first-order valence-corrected chi connectivity index (χ1v) is 12.4. The minimum absolute atomic E-state index is 0.187. The lowest BCUT2D eigenvalue weighted by atomic mass is 9.88. The number of fused-ring (bicyclic) bond motifs is 1. The van der Waals surface area contributed by atoms with Crippen molar-refractivity contribution in [1.29, 1.82) is 5.26 Å². The van der Waals surface area contributed by atoms with Gasteiger partial charge in [-0.05, 0) is 64.8 Å². The normalized spacial score (nSPS) is 14.9. The zero-order valence-corrected chi connectivity index (χ0v) is 19.5. The number of hydrogen-bond donors (Lipinski definition) is 2. The maximum Gasteiger partial charge on any atom is 0.407 e. The second-order valence-electron chi connectivity index (χ2n) is 7.75. The summed E-state index contributed by atoms with van der Waals surface area (Å²) in [5, 5.41) is 19.8. The summed E-state index contributed by atoms with van der Waals surface area (Å²) in [6.07, 6.45) is 5.08. The quantitative estimate of drug-likeness (QED) is 0.448. The van der Waals surface area contributed by atoms with E-state index in [1.807, 2.05) is 47.2 Å². The van der Waals surface area contributed by atoms with E-state index in [-0.39, 0.29) is 11.8 Å². The van der Waals surface area contributed by atoms with Gasteiger partial charge in [-0.15, -0.1) is 11.3 Å². The van der Waals surface area contributed by atoms with Crippen LogP contribution in [-0.4, -0.2) is 18.6 Å². The van der Waals surface area contributed by atoms with Crippen LogP contribution in [0, 0.1) is 17.2 Å². The van der Waals surface area contributed by atoms with E-state index in [0.717, 1.165) is 40.8 Å².